The Balaban J connectivity index is 2.72. The molecule has 0 aromatic heterocycles. The number of hydrogen-bond acceptors (Lipinski definition) is 3. The monoisotopic (exact) mass is 235 g/mol. The molecule has 4 heteroatoms. The van der Waals surface area contributed by atoms with Crippen molar-refractivity contribution in [1.82, 2.24) is 5.32 Å². The fourth-order valence-corrected chi connectivity index (χ4v) is 1.34. The second-order valence-electron chi connectivity index (χ2n) is 5.12. The third kappa shape index (κ3) is 4.44. The summed E-state index contributed by atoms with van der Waals surface area (Å²) in [6.45, 7) is 4.21. The predicted octanol–water partition coefficient (Wildman–Crippen LogP) is 1.22. The molecule has 0 aliphatic rings. The van der Waals surface area contributed by atoms with Crippen LogP contribution >= 0.6 is 0 Å². The molecular weight excluding hydrogens is 214 g/mol. The van der Waals surface area contributed by atoms with Crippen LogP contribution in [0.3, 0.4) is 0 Å². The first-order chi connectivity index (χ1) is 7.79. The standard InChI is InChI=1S/C13H21N3O/c1-13(2,14)9-15-12(17)10-6-5-7-11(8-10)16(3)4/h5-8H,9,14H2,1-4H3,(H,15,17). The predicted molar refractivity (Wildman–Crippen MR) is 71.4 cm³/mol. The summed E-state index contributed by atoms with van der Waals surface area (Å²) >= 11 is 0. The van der Waals surface area contributed by atoms with Crippen LogP contribution in [0.1, 0.15) is 24.2 Å². The number of hydrogen-bond donors (Lipinski definition) is 2. The van der Waals surface area contributed by atoms with Crippen LogP contribution in [0.15, 0.2) is 24.3 Å². The van der Waals surface area contributed by atoms with Crippen molar-refractivity contribution < 1.29 is 4.79 Å². The highest BCUT2D eigenvalue weighted by atomic mass is 16.1. The smallest absolute Gasteiger partial charge is 0.251 e. The fourth-order valence-electron chi connectivity index (χ4n) is 1.34. The topological polar surface area (TPSA) is 58.4 Å². The Morgan fingerprint density at radius 3 is 2.59 bits per heavy atom. The van der Waals surface area contributed by atoms with E-state index in [0.29, 0.717) is 12.1 Å². The van der Waals surface area contributed by atoms with Crippen LogP contribution in [-0.4, -0.2) is 32.1 Å². The van der Waals surface area contributed by atoms with E-state index in [-0.39, 0.29) is 5.91 Å². The third-order valence-corrected chi connectivity index (χ3v) is 2.33. The third-order valence-electron chi connectivity index (χ3n) is 2.33. The lowest BCUT2D eigenvalue weighted by Gasteiger charge is -2.19. The Labute approximate surface area is 103 Å². The molecule has 0 unspecified atom stereocenters. The molecule has 0 aliphatic heterocycles. The highest BCUT2D eigenvalue weighted by molar-refractivity contribution is 5.95. The molecule has 1 aromatic rings. The van der Waals surface area contributed by atoms with E-state index in [4.69, 9.17) is 5.73 Å². The molecular formula is C13H21N3O. The lowest BCUT2D eigenvalue weighted by Crippen LogP contribution is -2.45. The summed E-state index contributed by atoms with van der Waals surface area (Å²) in [5, 5.41) is 2.82. The van der Waals surface area contributed by atoms with Gasteiger partial charge in [-0.15, -0.1) is 0 Å². The van der Waals surface area contributed by atoms with Crippen molar-refractivity contribution >= 4 is 11.6 Å². The van der Waals surface area contributed by atoms with E-state index in [2.05, 4.69) is 5.32 Å². The van der Waals surface area contributed by atoms with Crippen LogP contribution in [0.5, 0.6) is 0 Å². The Morgan fingerprint density at radius 1 is 1.41 bits per heavy atom. The summed E-state index contributed by atoms with van der Waals surface area (Å²) in [7, 11) is 3.89. The van der Waals surface area contributed by atoms with Gasteiger partial charge in [-0.1, -0.05) is 6.07 Å². The zero-order chi connectivity index (χ0) is 13.1. The Kier molecular flexibility index (Phi) is 4.12. The van der Waals surface area contributed by atoms with Gasteiger partial charge < -0.3 is 16.0 Å². The summed E-state index contributed by atoms with van der Waals surface area (Å²) in [5.74, 6) is -0.0905. The van der Waals surface area contributed by atoms with Crippen LogP contribution in [0, 0.1) is 0 Å². The normalized spacial score (nSPS) is 11.1. The summed E-state index contributed by atoms with van der Waals surface area (Å²) < 4.78 is 0. The van der Waals surface area contributed by atoms with Crippen molar-refractivity contribution in [2.24, 2.45) is 5.73 Å². The van der Waals surface area contributed by atoms with Gasteiger partial charge in [-0.3, -0.25) is 4.79 Å². The van der Waals surface area contributed by atoms with Gasteiger partial charge in [0.25, 0.3) is 5.91 Å². The number of nitrogens with zero attached hydrogens (tertiary/aromatic N) is 1. The molecule has 0 spiro atoms. The van der Waals surface area contributed by atoms with E-state index in [1.807, 2.05) is 51.0 Å². The maximum atomic E-state index is 11.9. The molecule has 1 aromatic carbocycles. The summed E-state index contributed by atoms with van der Waals surface area (Å²) in [5.41, 5.74) is 7.08. The number of carbonyl (C=O) groups is 1. The molecule has 0 atom stereocenters. The lowest BCUT2D eigenvalue weighted by molar-refractivity contribution is 0.0946. The molecule has 0 saturated carbocycles. The summed E-state index contributed by atoms with van der Waals surface area (Å²) in [6.07, 6.45) is 0. The molecule has 0 fully saturated rings. The Bertz CT molecular complexity index is 394. The highest BCUT2D eigenvalue weighted by Crippen LogP contribution is 2.13. The highest BCUT2D eigenvalue weighted by Gasteiger charge is 2.13. The quantitative estimate of drug-likeness (QED) is 0.825. The second-order valence-corrected chi connectivity index (χ2v) is 5.12. The number of anilines is 1. The van der Waals surface area contributed by atoms with Gasteiger partial charge in [0.15, 0.2) is 0 Å². The van der Waals surface area contributed by atoms with Crippen molar-refractivity contribution in [3.05, 3.63) is 29.8 Å². The minimum absolute atomic E-state index is 0.0905. The second kappa shape index (κ2) is 5.19. The number of nitrogens with one attached hydrogen (secondary N) is 1. The van der Waals surface area contributed by atoms with E-state index in [1.54, 1.807) is 6.07 Å². The van der Waals surface area contributed by atoms with Gasteiger partial charge in [-0.2, -0.15) is 0 Å². The first-order valence-electron chi connectivity index (χ1n) is 5.64. The first kappa shape index (κ1) is 13.5. The molecule has 4 nitrogen and oxygen atoms in total. The number of nitrogens with two attached hydrogens (primary N) is 1. The van der Waals surface area contributed by atoms with Crippen LogP contribution < -0.4 is 16.0 Å². The van der Waals surface area contributed by atoms with E-state index in [9.17, 15) is 4.79 Å². The zero-order valence-electron chi connectivity index (χ0n) is 10.9. The molecule has 0 heterocycles. The molecule has 1 rings (SSSR count). The van der Waals surface area contributed by atoms with Crippen LogP contribution in [0.25, 0.3) is 0 Å². The number of benzene rings is 1. The minimum atomic E-state index is -0.394. The number of carbonyl (C=O) groups excluding carboxylic acids is 1. The number of amides is 1. The maximum absolute atomic E-state index is 11.9. The van der Waals surface area contributed by atoms with Gasteiger partial charge in [0.05, 0.1) is 0 Å². The molecule has 0 radical (unpaired) electrons. The van der Waals surface area contributed by atoms with Crippen molar-refractivity contribution in [2.75, 3.05) is 25.5 Å². The molecule has 1 amide bonds. The van der Waals surface area contributed by atoms with Crippen molar-refractivity contribution in [3.63, 3.8) is 0 Å². The molecule has 3 N–H and O–H groups in total. The minimum Gasteiger partial charge on any atom is -0.378 e. The van der Waals surface area contributed by atoms with Gasteiger partial charge in [-0.25, -0.2) is 0 Å². The van der Waals surface area contributed by atoms with Gasteiger partial charge in [0.1, 0.15) is 0 Å². The average Bonchev–Trinajstić information content (AvgIpc) is 2.25. The molecule has 17 heavy (non-hydrogen) atoms. The molecule has 94 valence electrons. The zero-order valence-corrected chi connectivity index (χ0v) is 10.9. The fraction of sp³-hybridized carbons (Fsp3) is 0.462. The van der Waals surface area contributed by atoms with Crippen molar-refractivity contribution in [1.29, 1.82) is 0 Å². The van der Waals surface area contributed by atoms with Gasteiger partial charge in [0, 0.05) is 37.4 Å². The van der Waals surface area contributed by atoms with E-state index in [0.717, 1.165) is 5.69 Å². The first-order valence-corrected chi connectivity index (χ1v) is 5.64. The molecule has 0 bridgehead atoms. The lowest BCUT2D eigenvalue weighted by atomic mass is 10.1. The summed E-state index contributed by atoms with van der Waals surface area (Å²) in [6, 6.07) is 7.49. The molecule has 0 aliphatic carbocycles. The Hall–Kier alpha value is -1.55. The van der Waals surface area contributed by atoms with Crippen LogP contribution in [-0.2, 0) is 0 Å². The SMILES string of the molecule is CN(C)c1cccc(C(=O)NCC(C)(C)N)c1. The van der Waals surface area contributed by atoms with Gasteiger partial charge in [-0.05, 0) is 32.0 Å². The van der Waals surface area contributed by atoms with E-state index < -0.39 is 5.54 Å². The van der Waals surface area contributed by atoms with Crippen molar-refractivity contribution in [2.45, 2.75) is 19.4 Å². The maximum Gasteiger partial charge on any atom is 0.251 e. The Morgan fingerprint density at radius 2 is 2.06 bits per heavy atom. The average molecular weight is 235 g/mol. The summed E-state index contributed by atoms with van der Waals surface area (Å²) in [4.78, 5) is 13.8. The van der Waals surface area contributed by atoms with Crippen molar-refractivity contribution in [3.8, 4) is 0 Å². The number of rotatable bonds is 4. The van der Waals surface area contributed by atoms with E-state index in [1.165, 1.54) is 0 Å². The van der Waals surface area contributed by atoms with Gasteiger partial charge in [0.2, 0.25) is 0 Å². The largest absolute Gasteiger partial charge is 0.378 e. The van der Waals surface area contributed by atoms with E-state index >= 15 is 0 Å². The van der Waals surface area contributed by atoms with Crippen LogP contribution in [0.2, 0.25) is 0 Å². The van der Waals surface area contributed by atoms with Crippen LogP contribution in [0.4, 0.5) is 5.69 Å². The van der Waals surface area contributed by atoms with Gasteiger partial charge >= 0.3 is 0 Å². The molecule has 0 saturated heterocycles.